The fourth-order valence-corrected chi connectivity index (χ4v) is 3.22. The number of aromatic amines is 1. The first-order valence-corrected chi connectivity index (χ1v) is 8.53. The van der Waals surface area contributed by atoms with Crippen molar-refractivity contribution in [3.8, 4) is 11.3 Å². The number of benzene rings is 1. The van der Waals surface area contributed by atoms with Gasteiger partial charge in [-0.1, -0.05) is 0 Å². The van der Waals surface area contributed by atoms with Gasteiger partial charge >= 0.3 is 0 Å². The van der Waals surface area contributed by atoms with Gasteiger partial charge in [0.1, 0.15) is 11.6 Å². The molecule has 0 amide bonds. The molecule has 1 saturated heterocycles. The number of pyridine rings is 1. The van der Waals surface area contributed by atoms with Crippen LogP contribution in [-0.4, -0.2) is 28.3 Å². The Morgan fingerprint density at radius 1 is 1.00 bits per heavy atom. The van der Waals surface area contributed by atoms with E-state index in [4.69, 9.17) is 0 Å². The molecule has 0 spiro atoms. The first kappa shape index (κ1) is 18.4. The van der Waals surface area contributed by atoms with E-state index < -0.39 is 0 Å². The fraction of sp³-hybridized carbons (Fsp3) is 0.263. The Hall–Kier alpha value is -2.44. The fourth-order valence-electron chi connectivity index (χ4n) is 3.22. The van der Waals surface area contributed by atoms with Crippen LogP contribution < -0.4 is 10.6 Å². The van der Waals surface area contributed by atoms with Crippen molar-refractivity contribution in [1.82, 2.24) is 20.5 Å². The third kappa shape index (κ3) is 4.20. The summed E-state index contributed by atoms with van der Waals surface area (Å²) < 4.78 is 13.0. The topological polar surface area (TPSA) is 65.6 Å². The summed E-state index contributed by atoms with van der Waals surface area (Å²) in [6, 6.07) is 12.4. The predicted octanol–water partition coefficient (Wildman–Crippen LogP) is 4.24. The molecular weight excluding hydrogens is 353 g/mol. The summed E-state index contributed by atoms with van der Waals surface area (Å²) in [6.07, 6.45) is 4.15. The third-order valence-corrected chi connectivity index (χ3v) is 4.58. The Morgan fingerprint density at radius 3 is 2.54 bits per heavy atom. The lowest BCUT2D eigenvalue weighted by atomic mass is 9.91. The molecule has 0 bridgehead atoms. The second kappa shape index (κ2) is 8.29. The smallest absolute Gasteiger partial charge is 0.153 e. The van der Waals surface area contributed by atoms with E-state index in [9.17, 15) is 4.39 Å². The number of hydrogen-bond acceptors (Lipinski definition) is 4. The zero-order valence-electron chi connectivity index (χ0n) is 14.2. The quantitative estimate of drug-likeness (QED) is 0.639. The number of hydrogen-bond donors (Lipinski definition) is 3. The zero-order chi connectivity index (χ0) is 17.1. The Balaban J connectivity index is 0.00000196. The van der Waals surface area contributed by atoms with E-state index in [0.717, 1.165) is 43.0 Å². The summed E-state index contributed by atoms with van der Waals surface area (Å²) in [5, 5.41) is 13.9. The maximum absolute atomic E-state index is 13.0. The number of nitrogens with zero attached hydrogens (tertiary/aromatic N) is 2. The van der Waals surface area contributed by atoms with Gasteiger partial charge in [0.15, 0.2) is 5.82 Å². The lowest BCUT2D eigenvalue weighted by Crippen LogP contribution is -2.26. The van der Waals surface area contributed by atoms with Crippen LogP contribution in [0.15, 0.2) is 48.7 Å². The number of rotatable bonds is 4. The predicted molar refractivity (Wildman–Crippen MR) is 104 cm³/mol. The van der Waals surface area contributed by atoms with E-state index >= 15 is 0 Å². The van der Waals surface area contributed by atoms with Crippen molar-refractivity contribution in [2.45, 2.75) is 18.8 Å². The number of H-pyrrole nitrogens is 1. The third-order valence-electron chi connectivity index (χ3n) is 4.58. The molecule has 0 aliphatic carbocycles. The molecule has 2 aromatic heterocycles. The summed E-state index contributed by atoms with van der Waals surface area (Å²) in [5.41, 5.74) is 3.03. The summed E-state index contributed by atoms with van der Waals surface area (Å²) in [6.45, 7) is 2.13. The molecule has 1 aliphatic rings. The molecule has 0 atom stereocenters. The van der Waals surface area contributed by atoms with Crippen molar-refractivity contribution in [2.24, 2.45) is 0 Å². The summed E-state index contributed by atoms with van der Waals surface area (Å²) in [5.74, 6) is 1.81. The maximum Gasteiger partial charge on any atom is 0.153 e. The minimum atomic E-state index is -0.249. The molecule has 4 rings (SSSR count). The van der Waals surface area contributed by atoms with Gasteiger partial charge in [0.05, 0.1) is 5.69 Å². The lowest BCUT2D eigenvalue weighted by molar-refractivity contribution is 0.460. The highest BCUT2D eigenvalue weighted by atomic mass is 35.5. The van der Waals surface area contributed by atoms with Crippen LogP contribution in [0.3, 0.4) is 0 Å². The number of anilines is 2. The van der Waals surface area contributed by atoms with Gasteiger partial charge in [-0.15, -0.1) is 12.4 Å². The van der Waals surface area contributed by atoms with Crippen LogP contribution in [0.1, 0.15) is 24.3 Å². The molecule has 0 saturated carbocycles. The minimum absolute atomic E-state index is 0. The zero-order valence-corrected chi connectivity index (χ0v) is 15.0. The molecule has 1 aromatic carbocycles. The standard InChI is InChI=1S/C19H20FN5.ClH/c20-16-3-1-14(2-4-16)17-12-19(25-24-17)23-18-11-15(7-10-22-18)13-5-8-21-9-6-13;/h1-4,7,10-13,21H,5-6,8-9H2,(H2,22,23,24,25);1H. The van der Waals surface area contributed by atoms with Gasteiger partial charge in [0, 0.05) is 12.3 Å². The van der Waals surface area contributed by atoms with E-state index in [1.54, 1.807) is 12.1 Å². The van der Waals surface area contributed by atoms with Gasteiger partial charge in [-0.05, 0) is 79.4 Å². The SMILES string of the molecule is Cl.Fc1ccc(-c2cc(Nc3cc(C4CCNCC4)ccn3)n[nH]2)cc1. The first-order chi connectivity index (χ1) is 12.3. The number of piperidine rings is 1. The van der Waals surface area contributed by atoms with Crippen molar-refractivity contribution < 1.29 is 4.39 Å². The van der Waals surface area contributed by atoms with Crippen molar-refractivity contribution in [1.29, 1.82) is 0 Å². The molecule has 3 aromatic rings. The maximum atomic E-state index is 13.0. The van der Waals surface area contributed by atoms with Crippen LogP contribution >= 0.6 is 12.4 Å². The monoisotopic (exact) mass is 373 g/mol. The summed E-state index contributed by atoms with van der Waals surface area (Å²) in [7, 11) is 0. The number of aromatic nitrogens is 3. The van der Waals surface area contributed by atoms with Gasteiger partial charge in [-0.2, -0.15) is 5.10 Å². The molecular formula is C19H21ClFN5. The van der Waals surface area contributed by atoms with Crippen molar-refractivity contribution >= 4 is 24.0 Å². The Labute approximate surface area is 157 Å². The summed E-state index contributed by atoms with van der Waals surface area (Å²) in [4.78, 5) is 4.39. The molecule has 0 unspecified atom stereocenters. The van der Waals surface area contributed by atoms with Gasteiger partial charge in [-0.3, -0.25) is 5.10 Å². The molecule has 3 heterocycles. The van der Waals surface area contributed by atoms with Crippen LogP contribution in [-0.2, 0) is 0 Å². The normalized spacial score (nSPS) is 14.7. The molecule has 0 radical (unpaired) electrons. The van der Waals surface area contributed by atoms with Gasteiger partial charge < -0.3 is 10.6 Å². The van der Waals surface area contributed by atoms with Crippen LogP contribution in [0.25, 0.3) is 11.3 Å². The lowest BCUT2D eigenvalue weighted by Gasteiger charge is -2.23. The first-order valence-electron chi connectivity index (χ1n) is 8.53. The van der Waals surface area contributed by atoms with Crippen LogP contribution in [0, 0.1) is 5.82 Å². The van der Waals surface area contributed by atoms with Crippen molar-refractivity contribution in [3.63, 3.8) is 0 Å². The number of halogens is 2. The number of nitrogens with one attached hydrogen (secondary N) is 3. The van der Waals surface area contributed by atoms with E-state index in [2.05, 4.69) is 37.9 Å². The van der Waals surface area contributed by atoms with Crippen LogP contribution in [0.5, 0.6) is 0 Å². The van der Waals surface area contributed by atoms with Crippen molar-refractivity contribution in [2.75, 3.05) is 18.4 Å². The summed E-state index contributed by atoms with van der Waals surface area (Å²) >= 11 is 0. The highest BCUT2D eigenvalue weighted by Crippen LogP contribution is 2.27. The average Bonchev–Trinajstić information content (AvgIpc) is 3.12. The van der Waals surface area contributed by atoms with Crippen LogP contribution in [0.2, 0.25) is 0 Å². The Bertz CT molecular complexity index is 843. The Morgan fingerprint density at radius 2 is 1.77 bits per heavy atom. The van der Waals surface area contributed by atoms with Gasteiger partial charge in [0.2, 0.25) is 0 Å². The minimum Gasteiger partial charge on any atom is -0.323 e. The molecule has 26 heavy (non-hydrogen) atoms. The molecule has 1 fully saturated rings. The van der Waals surface area contributed by atoms with E-state index in [-0.39, 0.29) is 18.2 Å². The molecule has 1 aliphatic heterocycles. The van der Waals surface area contributed by atoms with E-state index in [1.165, 1.54) is 17.7 Å². The second-order valence-corrected chi connectivity index (χ2v) is 6.30. The van der Waals surface area contributed by atoms with Gasteiger partial charge in [-0.25, -0.2) is 9.37 Å². The average molecular weight is 374 g/mol. The molecule has 7 heteroatoms. The molecule has 3 N–H and O–H groups in total. The van der Waals surface area contributed by atoms with E-state index in [0.29, 0.717) is 11.7 Å². The highest BCUT2D eigenvalue weighted by molar-refractivity contribution is 5.85. The molecule has 5 nitrogen and oxygen atoms in total. The van der Waals surface area contributed by atoms with Gasteiger partial charge in [0.25, 0.3) is 0 Å². The molecule has 136 valence electrons. The highest BCUT2D eigenvalue weighted by Gasteiger charge is 2.15. The van der Waals surface area contributed by atoms with Crippen molar-refractivity contribution in [3.05, 3.63) is 60.0 Å². The Kier molecular flexibility index (Phi) is 5.85. The second-order valence-electron chi connectivity index (χ2n) is 6.30. The van der Waals surface area contributed by atoms with Crippen LogP contribution in [0.4, 0.5) is 16.0 Å². The largest absolute Gasteiger partial charge is 0.323 e. The van der Waals surface area contributed by atoms with E-state index in [1.807, 2.05) is 12.3 Å².